The van der Waals surface area contributed by atoms with Crippen LogP contribution in [0.3, 0.4) is 0 Å². The summed E-state index contributed by atoms with van der Waals surface area (Å²) in [5.74, 6) is -1.21. The highest BCUT2D eigenvalue weighted by molar-refractivity contribution is 7.98. The van der Waals surface area contributed by atoms with Gasteiger partial charge in [-0.05, 0) is 74.6 Å². The number of fused-ring (bicyclic) bond motifs is 1. The minimum absolute atomic E-state index is 0.0417. The molecule has 3 aromatic heterocycles. The second kappa shape index (κ2) is 17.8. The first-order chi connectivity index (χ1) is 29.9. The minimum Gasteiger partial charge on any atom is -0.542 e. The summed E-state index contributed by atoms with van der Waals surface area (Å²) in [5, 5.41) is 7.40. The van der Waals surface area contributed by atoms with E-state index in [1.165, 1.54) is 47.7 Å². The standard InChI is InChI=1S/C44H52N6O11SSi/c1-43(2,3)63(9,10)61-29-17-12-11-15-27(29)46-38(52)33(35-36-37(59-44(4,5)58-36)41(57-35)49-22-20-31(51)47-42(49)54)50(24-25-18-19-26(55-6)23-30(25)56-7)40(53)32-34(60-48-39(32)62-8)28-16-13-14-21-45-28/h11-23,33,35-37,41H,24H2,1-10H3,(H,46,52)(H,47,51,54)/t33-,35+,36+,37+,41+/m0/s1. The number of aromatic nitrogens is 4. The molecule has 0 unspecified atom stereocenters. The van der Waals surface area contributed by atoms with Crippen LogP contribution < -0.4 is 30.5 Å². The number of nitrogens with one attached hydrogen (secondary N) is 2. The second-order valence-electron chi connectivity index (χ2n) is 17.1. The molecule has 0 aliphatic carbocycles. The van der Waals surface area contributed by atoms with E-state index in [0.717, 1.165) is 0 Å². The van der Waals surface area contributed by atoms with Crippen LogP contribution in [0.2, 0.25) is 18.1 Å². The van der Waals surface area contributed by atoms with E-state index in [9.17, 15) is 9.59 Å². The predicted octanol–water partition coefficient (Wildman–Crippen LogP) is 6.48. The van der Waals surface area contributed by atoms with Crippen molar-refractivity contribution in [2.24, 2.45) is 0 Å². The van der Waals surface area contributed by atoms with Gasteiger partial charge in [-0.2, -0.15) is 0 Å². The summed E-state index contributed by atoms with van der Waals surface area (Å²) in [6.07, 6.45) is 0.0176. The predicted molar refractivity (Wildman–Crippen MR) is 237 cm³/mol. The van der Waals surface area contributed by atoms with Gasteiger partial charge in [-0.1, -0.05) is 44.1 Å². The second-order valence-corrected chi connectivity index (χ2v) is 22.6. The number of carbonyl (C=O) groups is 2. The molecule has 5 aromatic rings. The van der Waals surface area contributed by atoms with Crippen molar-refractivity contribution in [2.45, 2.75) is 101 Å². The molecule has 63 heavy (non-hydrogen) atoms. The molecular formula is C44H52N6O11SSi. The van der Waals surface area contributed by atoms with Gasteiger partial charge in [-0.3, -0.25) is 28.9 Å². The Balaban J connectivity index is 1.44. The summed E-state index contributed by atoms with van der Waals surface area (Å²) in [4.78, 5) is 65.1. The maximum absolute atomic E-state index is 15.8. The molecule has 5 heterocycles. The van der Waals surface area contributed by atoms with E-state index < -0.39 is 67.7 Å². The zero-order chi connectivity index (χ0) is 45.4. The number of hydrogen-bond acceptors (Lipinski definition) is 14. The third-order valence-electron chi connectivity index (χ3n) is 11.5. The molecule has 2 aromatic carbocycles. The lowest BCUT2D eigenvalue weighted by Gasteiger charge is -2.38. The highest BCUT2D eigenvalue weighted by Crippen LogP contribution is 2.46. The molecule has 2 N–H and O–H groups in total. The first-order valence-corrected chi connectivity index (χ1v) is 24.4. The van der Waals surface area contributed by atoms with Crippen LogP contribution in [0.4, 0.5) is 5.69 Å². The van der Waals surface area contributed by atoms with Crippen molar-refractivity contribution in [3.63, 3.8) is 0 Å². The number of methoxy groups -OCH3 is 2. The van der Waals surface area contributed by atoms with Crippen molar-refractivity contribution in [1.29, 1.82) is 0 Å². The molecule has 0 radical (unpaired) electrons. The van der Waals surface area contributed by atoms with Gasteiger partial charge < -0.3 is 42.9 Å². The number of pyridine rings is 1. The Morgan fingerprint density at radius 3 is 2.40 bits per heavy atom. The number of nitrogens with zero attached hydrogens (tertiary/aromatic N) is 4. The summed E-state index contributed by atoms with van der Waals surface area (Å²) in [7, 11) is 0.562. The summed E-state index contributed by atoms with van der Waals surface area (Å²) in [5.41, 5.74) is -0.170. The molecule has 2 saturated heterocycles. The Morgan fingerprint density at radius 2 is 1.73 bits per heavy atom. The number of rotatable bonds is 14. The molecule has 2 aliphatic rings. The van der Waals surface area contributed by atoms with E-state index in [2.05, 4.69) is 54.3 Å². The van der Waals surface area contributed by atoms with Gasteiger partial charge in [0.25, 0.3) is 19.8 Å². The number of benzene rings is 2. The molecule has 17 nitrogen and oxygen atoms in total. The third-order valence-corrected chi connectivity index (χ3v) is 16.5. The molecule has 19 heteroatoms. The van der Waals surface area contributed by atoms with Crippen LogP contribution in [0.1, 0.15) is 56.8 Å². The summed E-state index contributed by atoms with van der Waals surface area (Å²) < 4.78 is 44.8. The highest BCUT2D eigenvalue weighted by Gasteiger charge is 2.60. The van der Waals surface area contributed by atoms with E-state index in [0.29, 0.717) is 34.2 Å². The molecule has 7 rings (SSSR count). The Morgan fingerprint density at radius 1 is 1.00 bits per heavy atom. The number of ether oxygens (including phenoxy) is 5. The van der Waals surface area contributed by atoms with Crippen molar-refractivity contribution in [2.75, 3.05) is 25.8 Å². The van der Waals surface area contributed by atoms with Gasteiger partial charge in [0.2, 0.25) is 5.91 Å². The first kappa shape index (κ1) is 45.3. The number of amides is 2. The molecular weight excluding hydrogens is 849 g/mol. The summed E-state index contributed by atoms with van der Waals surface area (Å²) >= 11 is 1.18. The molecule has 334 valence electrons. The molecule has 0 bridgehead atoms. The third kappa shape index (κ3) is 9.19. The maximum Gasteiger partial charge on any atom is 0.330 e. The van der Waals surface area contributed by atoms with Gasteiger partial charge in [0.15, 0.2) is 22.8 Å². The first-order valence-electron chi connectivity index (χ1n) is 20.2. The molecule has 2 fully saturated rings. The lowest BCUT2D eigenvalue weighted by atomic mass is 9.98. The fraction of sp³-hybridized carbons (Fsp3) is 0.409. The quantitative estimate of drug-likeness (QED) is 0.0907. The SMILES string of the molecule is COc1ccc(CN(C(=O)c2c(SC)noc2-c2ccccn2)[C@H](C(=O)Nc2ccccc2O[Si](C)(C)C(C)(C)C)[C@H]2O[C@@H](n3ccc(=O)[nH]c3=O)[C@@H]3OC(C)(C)O[C@@H]32)c(OC)c1. The van der Waals surface area contributed by atoms with Gasteiger partial charge >= 0.3 is 5.69 Å². The van der Waals surface area contributed by atoms with Crippen molar-refractivity contribution in [3.8, 4) is 28.7 Å². The van der Waals surface area contributed by atoms with Gasteiger partial charge in [-0.25, -0.2) is 4.79 Å². The van der Waals surface area contributed by atoms with Gasteiger partial charge in [0.05, 0.1) is 26.5 Å². The summed E-state index contributed by atoms with van der Waals surface area (Å²) in [6, 6.07) is 17.0. The van der Waals surface area contributed by atoms with Crippen LogP contribution in [0.15, 0.2) is 98.3 Å². The fourth-order valence-corrected chi connectivity index (χ4v) is 8.89. The average molecular weight is 901 g/mol. The minimum atomic E-state index is -2.45. The fourth-order valence-electron chi connectivity index (χ4n) is 7.36. The van der Waals surface area contributed by atoms with Crippen LogP contribution in [0, 0.1) is 0 Å². The van der Waals surface area contributed by atoms with Crippen molar-refractivity contribution >= 4 is 37.6 Å². The lowest BCUT2D eigenvalue weighted by molar-refractivity contribution is -0.203. The number of hydrogen-bond donors (Lipinski definition) is 2. The largest absolute Gasteiger partial charge is 0.542 e. The molecule has 0 saturated carbocycles. The van der Waals surface area contributed by atoms with E-state index in [-0.39, 0.29) is 27.9 Å². The number of para-hydroxylation sites is 2. The zero-order valence-corrected chi connectivity index (χ0v) is 38.6. The molecule has 2 aliphatic heterocycles. The number of thioether (sulfide) groups is 1. The zero-order valence-electron chi connectivity index (χ0n) is 36.8. The Hall–Kier alpha value is -5.73. The van der Waals surface area contributed by atoms with Crippen LogP contribution in [-0.2, 0) is 25.5 Å². The van der Waals surface area contributed by atoms with Crippen molar-refractivity contribution < 1.29 is 42.2 Å². The van der Waals surface area contributed by atoms with Gasteiger partial charge in [0.1, 0.15) is 52.9 Å². The van der Waals surface area contributed by atoms with E-state index in [1.807, 2.05) is 6.07 Å². The van der Waals surface area contributed by atoms with Gasteiger partial charge in [-0.15, -0.1) is 11.8 Å². The smallest absolute Gasteiger partial charge is 0.330 e. The van der Waals surface area contributed by atoms with Crippen LogP contribution in [-0.4, -0.2) is 95.3 Å². The number of aromatic amines is 1. The van der Waals surface area contributed by atoms with E-state index >= 15 is 9.59 Å². The van der Waals surface area contributed by atoms with Crippen LogP contribution in [0.25, 0.3) is 11.5 Å². The van der Waals surface area contributed by atoms with Gasteiger partial charge in [0, 0.05) is 30.1 Å². The number of anilines is 1. The molecule has 5 atom stereocenters. The van der Waals surface area contributed by atoms with E-state index in [4.69, 9.17) is 32.6 Å². The number of carbonyl (C=O) groups excluding carboxylic acids is 2. The molecule has 2 amide bonds. The van der Waals surface area contributed by atoms with E-state index in [1.54, 1.807) is 80.9 Å². The average Bonchev–Trinajstić information content (AvgIpc) is 3.92. The number of H-pyrrole nitrogens is 1. The summed E-state index contributed by atoms with van der Waals surface area (Å²) in [6.45, 7) is 13.7. The Kier molecular flexibility index (Phi) is 12.8. The monoisotopic (exact) mass is 900 g/mol. The topological polar surface area (TPSA) is 199 Å². The maximum atomic E-state index is 15.8. The molecule has 0 spiro atoms. The lowest BCUT2D eigenvalue weighted by Crippen LogP contribution is -2.57. The van der Waals surface area contributed by atoms with Crippen LogP contribution in [0.5, 0.6) is 17.2 Å². The Labute approximate surface area is 369 Å². The van der Waals surface area contributed by atoms with Crippen LogP contribution >= 0.6 is 11.8 Å². The van der Waals surface area contributed by atoms with Crippen molar-refractivity contribution in [3.05, 3.63) is 111 Å². The highest BCUT2D eigenvalue weighted by atomic mass is 32.2. The van der Waals surface area contributed by atoms with Crippen molar-refractivity contribution in [1.82, 2.24) is 24.6 Å². The normalized spacial score (nSPS) is 19.8. The Bertz CT molecular complexity index is 2590.